The Morgan fingerprint density at radius 3 is 2.72 bits per heavy atom. The molecule has 1 N–H and O–H groups in total. The predicted octanol–water partition coefficient (Wildman–Crippen LogP) is 2.40. The second-order valence-corrected chi connectivity index (χ2v) is 4.65. The summed E-state index contributed by atoms with van der Waals surface area (Å²) in [4.78, 5) is 12.7. The fourth-order valence-corrected chi connectivity index (χ4v) is 1.99. The lowest BCUT2D eigenvalue weighted by Gasteiger charge is -2.26. The molecule has 1 aromatic carbocycles. The van der Waals surface area contributed by atoms with Gasteiger partial charge in [-0.15, -0.1) is 0 Å². The summed E-state index contributed by atoms with van der Waals surface area (Å²) in [5, 5.41) is 9.02. The van der Waals surface area contributed by atoms with Gasteiger partial charge in [0.2, 0.25) is 0 Å². The third-order valence-corrected chi connectivity index (χ3v) is 3.23. The number of nitrogens with zero attached hydrogens (tertiary/aromatic N) is 1. The van der Waals surface area contributed by atoms with Crippen LogP contribution in [0, 0.1) is 11.6 Å². The molecule has 98 valence electrons. The van der Waals surface area contributed by atoms with Gasteiger partial charge in [0.25, 0.3) is 0 Å². The molecule has 18 heavy (non-hydrogen) atoms. The van der Waals surface area contributed by atoms with Gasteiger partial charge < -0.3 is 5.11 Å². The number of aliphatic carboxylic acids is 1. The van der Waals surface area contributed by atoms with E-state index in [1.54, 1.807) is 11.8 Å². The van der Waals surface area contributed by atoms with Crippen molar-refractivity contribution in [1.82, 2.24) is 4.90 Å². The van der Waals surface area contributed by atoms with Crippen LogP contribution in [0.25, 0.3) is 0 Å². The van der Waals surface area contributed by atoms with Crippen LogP contribution in [-0.2, 0) is 11.3 Å². The van der Waals surface area contributed by atoms with Crippen LogP contribution in [0.4, 0.5) is 8.78 Å². The summed E-state index contributed by atoms with van der Waals surface area (Å²) in [6, 6.07) is 2.72. The molecule has 0 heterocycles. The lowest BCUT2D eigenvalue weighted by molar-refractivity contribution is -0.143. The van der Waals surface area contributed by atoms with Crippen LogP contribution in [0.2, 0.25) is 0 Å². The third-order valence-electron chi connectivity index (χ3n) is 3.23. The molecule has 0 saturated heterocycles. The Kier molecular flexibility index (Phi) is 3.61. The Labute approximate surface area is 104 Å². The SMILES string of the molecule is CC(C(=O)O)N(Cc1cc(F)ccc1F)C1CC1. The summed E-state index contributed by atoms with van der Waals surface area (Å²) < 4.78 is 26.6. The highest BCUT2D eigenvalue weighted by atomic mass is 19.1. The summed E-state index contributed by atoms with van der Waals surface area (Å²) in [6.07, 6.45) is 1.82. The van der Waals surface area contributed by atoms with E-state index >= 15 is 0 Å². The van der Waals surface area contributed by atoms with Gasteiger partial charge in [-0.25, -0.2) is 8.78 Å². The van der Waals surface area contributed by atoms with Crippen molar-refractivity contribution in [2.45, 2.75) is 38.4 Å². The van der Waals surface area contributed by atoms with E-state index in [9.17, 15) is 13.6 Å². The van der Waals surface area contributed by atoms with Gasteiger partial charge in [-0.1, -0.05) is 0 Å². The first-order chi connectivity index (χ1) is 8.49. The Morgan fingerprint density at radius 2 is 2.17 bits per heavy atom. The van der Waals surface area contributed by atoms with Crippen LogP contribution < -0.4 is 0 Å². The van der Waals surface area contributed by atoms with Crippen LogP contribution in [-0.4, -0.2) is 28.1 Å². The lowest BCUT2D eigenvalue weighted by Crippen LogP contribution is -2.40. The Bertz CT molecular complexity index is 460. The maximum absolute atomic E-state index is 13.5. The van der Waals surface area contributed by atoms with Crippen molar-refractivity contribution >= 4 is 5.97 Å². The lowest BCUT2D eigenvalue weighted by atomic mass is 10.1. The van der Waals surface area contributed by atoms with Gasteiger partial charge in [0.1, 0.15) is 17.7 Å². The van der Waals surface area contributed by atoms with Gasteiger partial charge in [-0.05, 0) is 38.0 Å². The van der Waals surface area contributed by atoms with E-state index < -0.39 is 23.6 Å². The Morgan fingerprint density at radius 1 is 1.50 bits per heavy atom. The quantitative estimate of drug-likeness (QED) is 0.878. The van der Waals surface area contributed by atoms with Gasteiger partial charge in [0.05, 0.1) is 0 Å². The van der Waals surface area contributed by atoms with Crippen molar-refractivity contribution in [2.24, 2.45) is 0 Å². The van der Waals surface area contributed by atoms with Crippen molar-refractivity contribution in [2.75, 3.05) is 0 Å². The second-order valence-electron chi connectivity index (χ2n) is 4.65. The maximum Gasteiger partial charge on any atom is 0.320 e. The van der Waals surface area contributed by atoms with Gasteiger partial charge in [-0.2, -0.15) is 0 Å². The zero-order chi connectivity index (χ0) is 13.3. The summed E-state index contributed by atoms with van der Waals surface area (Å²) in [7, 11) is 0. The molecule has 3 nitrogen and oxygen atoms in total. The topological polar surface area (TPSA) is 40.5 Å². The van der Waals surface area contributed by atoms with E-state index in [4.69, 9.17) is 5.11 Å². The molecule has 1 atom stereocenters. The van der Waals surface area contributed by atoms with Crippen molar-refractivity contribution in [3.8, 4) is 0 Å². The summed E-state index contributed by atoms with van der Waals surface area (Å²) in [6.45, 7) is 1.69. The smallest absolute Gasteiger partial charge is 0.320 e. The Balaban J connectivity index is 2.18. The third kappa shape index (κ3) is 2.85. The summed E-state index contributed by atoms with van der Waals surface area (Å²) in [5.41, 5.74) is 0.204. The first-order valence-corrected chi connectivity index (χ1v) is 5.91. The van der Waals surface area contributed by atoms with Gasteiger partial charge >= 0.3 is 5.97 Å². The molecule has 1 fully saturated rings. The van der Waals surface area contributed by atoms with E-state index in [0.29, 0.717) is 0 Å². The second kappa shape index (κ2) is 5.02. The van der Waals surface area contributed by atoms with Crippen LogP contribution in [0.15, 0.2) is 18.2 Å². The largest absolute Gasteiger partial charge is 0.480 e. The number of carboxylic acids is 1. The highest BCUT2D eigenvalue weighted by Gasteiger charge is 2.35. The minimum absolute atomic E-state index is 0.127. The molecule has 2 rings (SSSR count). The monoisotopic (exact) mass is 255 g/mol. The number of benzene rings is 1. The molecule has 0 radical (unpaired) electrons. The zero-order valence-electron chi connectivity index (χ0n) is 10.1. The van der Waals surface area contributed by atoms with Crippen molar-refractivity contribution in [1.29, 1.82) is 0 Å². The molecule has 0 aromatic heterocycles. The normalized spacial score (nSPS) is 16.9. The first kappa shape index (κ1) is 13.0. The molecule has 1 unspecified atom stereocenters. The predicted molar refractivity (Wildman–Crippen MR) is 62.0 cm³/mol. The Hall–Kier alpha value is -1.49. The molecule has 0 spiro atoms. The van der Waals surface area contributed by atoms with Gasteiger partial charge in [0.15, 0.2) is 0 Å². The molecule has 0 bridgehead atoms. The number of halogens is 2. The number of carbonyl (C=O) groups is 1. The highest BCUT2D eigenvalue weighted by Crippen LogP contribution is 2.30. The average Bonchev–Trinajstić information content (AvgIpc) is 3.13. The molecule has 0 amide bonds. The van der Waals surface area contributed by atoms with E-state index in [1.165, 1.54) is 0 Å². The fraction of sp³-hybridized carbons (Fsp3) is 0.462. The van der Waals surface area contributed by atoms with E-state index in [1.807, 2.05) is 0 Å². The van der Waals surface area contributed by atoms with E-state index in [2.05, 4.69) is 0 Å². The number of hydrogen-bond donors (Lipinski definition) is 1. The minimum Gasteiger partial charge on any atom is -0.480 e. The van der Waals surface area contributed by atoms with Crippen LogP contribution in [0.3, 0.4) is 0 Å². The highest BCUT2D eigenvalue weighted by molar-refractivity contribution is 5.73. The molecular formula is C13H15F2NO2. The number of carboxylic acid groups (broad SMARTS) is 1. The van der Waals surface area contributed by atoms with Crippen LogP contribution >= 0.6 is 0 Å². The van der Waals surface area contributed by atoms with Crippen LogP contribution in [0.5, 0.6) is 0 Å². The molecular weight excluding hydrogens is 240 g/mol. The fourth-order valence-electron chi connectivity index (χ4n) is 1.99. The van der Waals surface area contributed by atoms with Crippen molar-refractivity contribution in [3.63, 3.8) is 0 Å². The van der Waals surface area contributed by atoms with Crippen LogP contribution in [0.1, 0.15) is 25.3 Å². The van der Waals surface area contributed by atoms with E-state index in [-0.39, 0.29) is 18.2 Å². The zero-order valence-corrected chi connectivity index (χ0v) is 10.1. The first-order valence-electron chi connectivity index (χ1n) is 5.91. The van der Waals surface area contributed by atoms with Crippen molar-refractivity contribution < 1.29 is 18.7 Å². The molecule has 1 aliphatic carbocycles. The van der Waals surface area contributed by atoms with Gasteiger partial charge in [0, 0.05) is 18.2 Å². The average molecular weight is 255 g/mol. The molecule has 5 heteroatoms. The molecule has 0 aliphatic heterocycles. The molecule has 1 saturated carbocycles. The number of rotatable bonds is 5. The standard InChI is InChI=1S/C13H15F2NO2/c1-8(13(17)18)16(11-3-4-11)7-9-6-10(14)2-5-12(9)15/h2,5-6,8,11H,3-4,7H2,1H3,(H,17,18). The van der Waals surface area contributed by atoms with E-state index in [0.717, 1.165) is 31.0 Å². The van der Waals surface area contributed by atoms with Gasteiger partial charge in [-0.3, -0.25) is 9.69 Å². The summed E-state index contributed by atoms with van der Waals surface area (Å²) >= 11 is 0. The summed E-state index contributed by atoms with van der Waals surface area (Å²) in [5.74, 6) is -1.96. The molecule has 1 aromatic rings. The molecule has 1 aliphatic rings. The maximum atomic E-state index is 13.5. The van der Waals surface area contributed by atoms with Crippen molar-refractivity contribution in [3.05, 3.63) is 35.4 Å². The minimum atomic E-state index is -0.946. The number of hydrogen-bond acceptors (Lipinski definition) is 2.